The molecule has 0 aliphatic heterocycles. The van der Waals surface area contributed by atoms with Gasteiger partial charge in [-0.2, -0.15) is 13.2 Å². The quantitative estimate of drug-likeness (QED) is 0.263. The molecule has 1 fully saturated rings. The summed E-state index contributed by atoms with van der Waals surface area (Å²) in [6.45, 7) is 5.29. The Kier molecular flexibility index (Phi) is 8.23. The molecule has 0 spiro atoms. The van der Waals surface area contributed by atoms with Gasteiger partial charge in [-0.25, -0.2) is 13.8 Å². The molecule has 2 amide bonds. The molecule has 13 heteroatoms. The smallest absolute Gasteiger partial charge is 0.365 e. The number of halogens is 5. The molecule has 0 saturated heterocycles. The number of alkyl halides is 5. The normalized spacial score (nSPS) is 17.7. The molecule has 1 aliphatic carbocycles. The zero-order valence-corrected chi connectivity index (χ0v) is 22.4. The minimum absolute atomic E-state index is 0.119. The van der Waals surface area contributed by atoms with Crippen molar-refractivity contribution in [1.29, 1.82) is 0 Å². The molecule has 4 N–H and O–H groups in total. The number of benzene rings is 1. The van der Waals surface area contributed by atoms with Gasteiger partial charge in [-0.15, -0.1) is 0 Å². The van der Waals surface area contributed by atoms with Crippen LogP contribution in [0.1, 0.15) is 110 Å². The highest BCUT2D eigenvalue weighted by molar-refractivity contribution is 5.95. The molecular formula is C27H32F5N5O3. The van der Waals surface area contributed by atoms with Crippen LogP contribution >= 0.6 is 0 Å². The van der Waals surface area contributed by atoms with Gasteiger partial charge < -0.3 is 20.6 Å². The van der Waals surface area contributed by atoms with Crippen molar-refractivity contribution in [1.82, 2.24) is 20.4 Å². The van der Waals surface area contributed by atoms with Crippen molar-refractivity contribution in [2.24, 2.45) is 11.7 Å². The molecule has 1 saturated carbocycles. The molecule has 1 aliphatic rings. The molecule has 2 heterocycles. The number of fused-ring (bicyclic) bond motifs is 1. The number of rotatable bonds is 9. The average molecular weight is 570 g/mol. The molecule has 218 valence electrons. The fourth-order valence-electron chi connectivity index (χ4n) is 5.26. The summed E-state index contributed by atoms with van der Waals surface area (Å²) in [6, 6.07) is 4.51. The Hall–Kier alpha value is -3.51. The number of primary amides is 1. The lowest BCUT2D eigenvalue weighted by molar-refractivity contribution is -0.144. The largest absolute Gasteiger partial charge is 0.389 e. The maximum absolute atomic E-state index is 14.0. The number of carbonyl (C=O) groups is 2. The first-order valence-corrected chi connectivity index (χ1v) is 13.2. The van der Waals surface area contributed by atoms with E-state index in [9.17, 15) is 31.5 Å². The number of carbonyl (C=O) groups excluding carboxylic acids is 2. The van der Waals surface area contributed by atoms with E-state index < -0.39 is 48.7 Å². The molecule has 2 aromatic heterocycles. The second-order valence-corrected chi connectivity index (χ2v) is 10.8. The lowest BCUT2D eigenvalue weighted by Crippen LogP contribution is -2.30. The molecule has 4 rings (SSSR count). The van der Waals surface area contributed by atoms with Crippen LogP contribution in [0.5, 0.6) is 0 Å². The third-order valence-corrected chi connectivity index (χ3v) is 7.38. The Morgan fingerprint density at radius 3 is 2.48 bits per heavy atom. The maximum Gasteiger partial charge on any atom is 0.389 e. The van der Waals surface area contributed by atoms with Crippen LogP contribution in [-0.4, -0.2) is 39.0 Å². The first-order valence-electron chi connectivity index (χ1n) is 13.2. The number of nitrogens with two attached hydrogens (primary N) is 1. The average Bonchev–Trinajstić information content (AvgIpc) is 3.48. The van der Waals surface area contributed by atoms with E-state index in [1.807, 2.05) is 13.8 Å². The zero-order valence-electron chi connectivity index (χ0n) is 22.4. The first-order chi connectivity index (χ1) is 18.6. The number of amides is 2. The zero-order chi connectivity index (χ0) is 29.4. The van der Waals surface area contributed by atoms with E-state index in [0.717, 1.165) is 0 Å². The third-order valence-electron chi connectivity index (χ3n) is 7.38. The van der Waals surface area contributed by atoms with Crippen molar-refractivity contribution in [3.05, 3.63) is 46.6 Å². The van der Waals surface area contributed by atoms with E-state index in [2.05, 4.69) is 20.4 Å². The van der Waals surface area contributed by atoms with E-state index in [0.29, 0.717) is 28.2 Å². The van der Waals surface area contributed by atoms with E-state index in [1.54, 1.807) is 25.1 Å². The van der Waals surface area contributed by atoms with Gasteiger partial charge in [0.2, 0.25) is 11.8 Å². The number of aromatic nitrogens is 3. The van der Waals surface area contributed by atoms with Crippen LogP contribution in [0.2, 0.25) is 0 Å². The Bertz CT molecular complexity index is 1370. The molecule has 0 radical (unpaired) electrons. The monoisotopic (exact) mass is 569 g/mol. The fourth-order valence-corrected chi connectivity index (χ4v) is 5.26. The minimum Gasteiger partial charge on any atom is -0.365 e. The van der Waals surface area contributed by atoms with Gasteiger partial charge in [0.1, 0.15) is 17.1 Å². The van der Waals surface area contributed by atoms with Crippen molar-refractivity contribution in [2.45, 2.75) is 89.3 Å². The molecule has 0 bridgehead atoms. The number of H-pyrrole nitrogens is 1. The van der Waals surface area contributed by atoms with Crippen LogP contribution in [0.25, 0.3) is 11.0 Å². The summed E-state index contributed by atoms with van der Waals surface area (Å²) in [5, 5.41) is 6.74. The SMILES string of the molecule is CC(C)c1onc([C@@H](c2nc3ccc([C@@H](C)NC(=O)CCC(F)(F)F)cc3[nH]2)C2CCC(F)(F)CC2)c1C(N)=O. The number of aromatic amines is 1. The van der Waals surface area contributed by atoms with Gasteiger partial charge in [0.25, 0.3) is 5.91 Å². The van der Waals surface area contributed by atoms with E-state index in [-0.39, 0.29) is 48.8 Å². The van der Waals surface area contributed by atoms with Gasteiger partial charge in [0.15, 0.2) is 5.76 Å². The minimum atomic E-state index is -4.43. The van der Waals surface area contributed by atoms with Crippen LogP contribution in [-0.2, 0) is 4.79 Å². The second-order valence-electron chi connectivity index (χ2n) is 10.8. The Morgan fingerprint density at radius 2 is 1.88 bits per heavy atom. The number of hydrogen-bond acceptors (Lipinski definition) is 5. The summed E-state index contributed by atoms with van der Waals surface area (Å²) in [6.07, 6.45) is -6.60. The van der Waals surface area contributed by atoms with Gasteiger partial charge >= 0.3 is 6.18 Å². The van der Waals surface area contributed by atoms with Crippen LogP contribution in [0.3, 0.4) is 0 Å². The van der Waals surface area contributed by atoms with Gasteiger partial charge in [0, 0.05) is 25.2 Å². The molecule has 2 atom stereocenters. The van der Waals surface area contributed by atoms with Crippen molar-refractivity contribution in [3.8, 4) is 0 Å². The molecule has 40 heavy (non-hydrogen) atoms. The van der Waals surface area contributed by atoms with Crippen molar-refractivity contribution in [2.75, 3.05) is 0 Å². The molecule has 0 unspecified atom stereocenters. The van der Waals surface area contributed by atoms with Crippen molar-refractivity contribution >= 4 is 22.8 Å². The van der Waals surface area contributed by atoms with Crippen molar-refractivity contribution in [3.63, 3.8) is 0 Å². The maximum atomic E-state index is 14.0. The summed E-state index contributed by atoms with van der Waals surface area (Å²) in [7, 11) is 0. The standard InChI is InChI=1S/C27H32F5N5O3/c1-13(2)23-21(24(33)39)22(37-40-23)20(15-6-9-26(28,29)10-7-15)25-35-17-5-4-16(12-18(17)36-25)14(3)34-19(38)8-11-27(30,31)32/h4-5,12-15,20H,6-11H2,1-3H3,(H2,33,39)(H,34,38)(H,35,36)/t14-,20+/m1/s1. The highest BCUT2D eigenvalue weighted by Gasteiger charge is 2.42. The lowest BCUT2D eigenvalue weighted by Gasteiger charge is -2.32. The predicted octanol–water partition coefficient (Wildman–Crippen LogP) is 6.25. The Morgan fingerprint density at radius 1 is 1.20 bits per heavy atom. The highest BCUT2D eigenvalue weighted by atomic mass is 19.4. The number of nitrogens with zero attached hydrogens (tertiary/aromatic N) is 2. The summed E-state index contributed by atoms with van der Waals surface area (Å²) in [5.41, 5.74) is 7.80. The Balaban J connectivity index is 1.68. The number of imidazole rings is 1. The second kappa shape index (κ2) is 11.2. The summed E-state index contributed by atoms with van der Waals surface area (Å²) in [5.74, 6) is -4.73. The van der Waals surface area contributed by atoms with Gasteiger partial charge in [-0.1, -0.05) is 25.1 Å². The van der Waals surface area contributed by atoms with Crippen LogP contribution < -0.4 is 11.1 Å². The number of hydrogen-bond donors (Lipinski definition) is 3. The van der Waals surface area contributed by atoms with Gasteiger partial charge in [-0.05, 0) is 43.4 Å². The molecular weight excluding hydrogens is 537 g/mol. The first kappa shape index (κ1) is 29.5. The highest BCUT2D eigenvalue weighted by Crippen LogP contribution is 2.45. The molecule has 8 nitrogen and oxygen atoms in total. The van der Waals surface area contributed by atoms with Gasteiger partial charge in [-0.3, -0.25) is 9.59 Å². The van der Waals surface area contributed by atoms with E-state index in [4.69, 9.17) is 10.3 Å². The third kappa shape index (κ3) is 6.61. The summed E-state index contributed by atoms with van der Waals surface area (Å²) in [4.78, 5) is 32.4. The molecule has 3 aromatic rings. The topological polar surface area (TPSA) is 127 Å². The fraction of sp³-hybridized carbons (Fsp3) is 0.556. The van der Waals surface area contributed by atoms with Crippen LogP contribution in [0.15, 0.2) is 22.7 Å². The van der Waals surface area contributed by atoms with Crippen LogP contribution in [0.4, 0.5) is 22.0 Å². The lowest BCUT2D eigenvalue weighted by atomic mass is 9.75. The number of nitrogens with one attached hydrogen (secondary N) is 2. The van der Waals surface area contributed by atoms with Crippen molar-refractivity contribution < 1.29 is 36.1 Å². The molecule has 1 aromatic carbocycles. The van der Waals surface area contributed by atoms with Gasteiger partial charge in [0.05, 0.1) is 29.4 Å². The van der Waals surface area contributed by atoms with E-state index in [1.165, 1.54) is 0 Å². The summed E-state index contributed by atoms with van der Waals surface area (Å²) < 4.78 is 70.9. The van der Waals surface area contributed by atoms with E-state index >= 15 is 0 Å². The summed E-state index contributed by atoms with van der Waals surface area (Å²) >= 11 is 0. The van der Waals surface area contributed by atoms with Crippen LogP contribution in [0, 0.1) is 5.92 Å². The Labute approximate surface area is 227 Å². The predicted molar refractivity (Wildman–Crippen MR) is 136 cm³/mol.